The molecule has 0 bridgehead atoms. The van der Waals surface area contributed by atoms with E-state index in [1.807, 2.05) is 0 Å². The predicted octanol–water partition coefficient (Wildman–Crippen LogP) is 4.37. The molecule has 0 aliphatic carbocycles. The molecule has 0 N–H and O–H groups in total. The molecule has 0 radical (unpaired) electrons. The van der Waals surface area contributed by atoms with Crippen molar-refractivity contribution in [2.45, 2.75) is 39.0 Å². The normalized spacial score (nSPS) is 10.4. The van der Waals surface area contributed by atoms with Crippen molar-refractivity contribution < 1.29 is 4.92 Å². The van der Waals surface area contributed by atoms with E-state index in [4.69, 9.17) is 11.6 Å². The number of hydrogen-bond donors (Lipinski definition) is 0. The quantitative estimate of drug-likeness (QED) is 0.422. The monoisotopic (exact) mass is 241 g/mol. The minimum absolute atomic E-state index is 0.0577. The number of unbranched alkanes of at least 4 members (excludes halogenated alkanes) is 3. The van der Waals surface area contributed by atoms with Gasteiger partial charge in [0, 0.05) is 12.1 Å². The molecular weight excluding hydrogens is 226 g/mol. The average molecular weight is 242 g/mol. The van der Waals surface area contributed by atoms with Crippen LogP contribution in [0.25, 0.3) is 0 Å². The maximum atomic E-state index is 10.5. The number of halogens is 1. The summed E-state index contributed by atoms with van der Waals surface area (Å²) in [5, 5.41) is 11.0. The minimum atomic E-state index is -0.424. The first-order valence-corrected chi connectivity index (χ1v) is 5.95. The summed E-state index contributed by atoms with van der Waals surface area (Å²) in [6.07, 6.45) is 5.60. The van der Waals surface area contributed by atoms with E-state index in [-0.39, 0.29) is 5.69 Å². The highest BCUT2D eigenvalue weighted by Crippen LogP contribution is 2.23. The van der Waals surface area contributed by atoms with Crippen LogP contribution in [0.3, 0.4) is 0 Å². The summed E-state index contributed by atoms with van der Waals surface area (Å²) in [5.41, 5.74) is 1.06. The molecule has 1 aromatic carbocycles. The van der Waals surface area contributed by atoms with Crippen molar-refractivity contribution in [1.29, 1.82) is 0 Å². The zero-order valence-corrected chi connectivity index (χ0v) is 10.2. The summed E-state index contributed by atoms with van der Waals surface area (Å²) >= 11 is 5.98. The van der Waals surface area contributed by atoms with Crippen molar-refractivity contribution in [3.8, 4) is 0 Å². The van der Waals surface area contributed by atoms with Crippen LogP contribution < -0.4 is 0 Å². The van der Waals surface area contributed by atoms with Crippen LogP contribution in [0, 0.1) is 10.1 Å². The molecule has 0 unspecified atom stereocenters. The molecule has 0 fully saturated rings. The van der Waals surface area contributed by atoms with Crippen LogP contribution >= 0.6 is 11.6 Å². The average Bonchev–Trinajstić information content (AvgIpc) is 2.26. The number of nitro benzene ring substituents is 1. The molecule has 0 amide bonds. The van der Waals surface area contributed by atoms with Gasteiger partial charge in [-0.05, 0) is 18.4 Å². The molecule has 4 heteroatoms. The van der Waals surface area contributed by atoms with E-state index in [0.29, 0.717) is 5.02 Å². The molecule has 1 rings (SSSR count). The Bertz CT molecular complexity index is 366. The molecule has 88 valence electrons. The lowest BCUT2D eigenvalue weighted by Crippen LogP contribution is -1.91. The van der Waals surface area contributed by atoms with Gasteiger partial charge in [0.25, 0.3) is 5.69 Å². The van der Waals surface area contributed by atoms with E-state index < -0.39 is 4.92 Å². The second-order valence-electron chi connectivity index (χ2n) is 3.84. The van der Waals surface area contributed by atoms with Gasteiger partial charge in [-0.15, -0.1) is 0 Å². The predicted molar refractivity (Wildman–Crippen MR) is 66.0 cm³/mol. The Balaban J connectivity index is 2.57. The molecule has 0 atom stereocenters. The largest absolute Gasteiger partial charge is 0.270 e. The lowest BCUT2D eigenvalue weighted by Gasteiger charge is -2.03. The standard InChI is InChI=1S/C12H16ClNO2/c1-2-3-4-5-6-10-7-8-11(14(15)16)9-12(10)13/h7-9H,2-6H2,1H3. The Morgan fingerprint density at radius 3 is 2.62 bits per heavy atom. The molecule has 1 aromatic rings. The van der Waals surface area contributed by atoms with Crippen LogP contribution in [0.15, 0.2) is 18.2 Å². The summed E-state index contributed by atoms with van der Waals surface area (Å²) in [4.78, 5) is 10.1. The van der Waals surface area contributed by atoms with Crippen LogP contribution in [0.4, 0.5) is 5.69 Å². The van der Waals surface area contributed by atoms with E-state index in [2.05, 4.69) is 6.92 Å². The lowest BCUT2D eigenvalue weighted by molar-refractivity contribution is -0.384. The number of benzene rings is 1. The number of aryl methyl sites for hydroxylation is 1. The van der Waals surface area contributed by atoms with Gasteiger partial charge < -0.3 is 0 Å². The highest BCUT2D eigenvalue weighted by atomic mass is 35.5. The highest BCUT2D eigenvalue weighted by Gasteiger charge is 2.08. The second-order valence-corrected chi connectivity index (χ2v) is 4.25. The fraction of sp³-hybridized carbons (Fsp3) is 0.500. The maximum absolute atomic E-state index is 10.5. The van der Waals surface area contributed by atoms with Crippen LogP contribution in [0.2, 0.25) is 5.02 Å². The molecule has 0 saturated heterocycles. The fourth-order valence-corrected chi connectivity index (χ4v) is 1.86. The SMILES string of the molecule is CCCCCCc1ccc([N+](=O)[O-])cc1Cl. The molecule has 0 saturated carbocycles. The van der Waals surface area contributed by atoms with Gasteiger partial charge in [0.05, 0.1) is 9.95 Å². The van der Waals surface area contributed by atoms with Crippen LogP contribution in [0.5, 0.6) is 0 Å². The van der Waals surface area contributed by atoms with Crippen molar-refractivity contribution in [3.63, 3.8) is 0 Å². The summed E-state index contributed by atoms with van der Waals surface area (Å²) in [6, 6.07) is 4.70. The van der Waals surface area contributed by atoms with Crippen molar-refractivity contribution in [3.05, 3.63) is 38.9 Å². The van der Waals surface area contributed by atoms with Gasteiger partial charge in [-0.1, -0.05) is 43.9 Å². The van der Waals surface area contributed by atoms with Crippen molar-refractivity contribution in [2.24, 2.45) is 0 Å². The lowest BCUT2D eigenvalue weighted by atomic mass is 10.1. The molecular formula is C12H16ClNO2. The number of hydrogen-bond acceptors (Lipinski definition) is 2. The van der Waals surface area contributed by atoms with Gasteiger partial charge in [-0.2, -0.15) is 0 Å². The van der Waals surface area contributed by atoms with E-state index >= 15 is 0 Å². The summed E-state index contributed by atoms with van der Waals surface area (Å²) in [6.45, 7) is 2.17. The van der Waals surface area contributed by atoms with E-state index in [1.165, 1.54) is 31.4 Å². The maximum Gasteiger partial charge on any atom is 0.270 e. The first-order chi connectivity index (χ1) is 7.65. The van der Waals surface area contributed by atoms with Crippen LogP contribution in [-0.2, 0) is 6.42 Å². The Morgan fingerprint density at radius 1 is 1.31 bits per heavy atom. The molecule has 0 spiro atoms. The Kier molecular flexibility index (Phi) is 5.26. The molecule has 3 nitrogen and oxygen atoms in total. The van der Waals surface area contributed by atoms with Gasteiger partial charge >= 0.3 is 0 Å². The van der Waals surface area contributed by atoms with Gasteiger partial charge in [-0.25, -0.2) is 0 Å². The zero-order chi connectivity index (χ0) is 12.0. The third-order valence-electron chi connectivity index (χ3n) is 2.55. The molecule has 0 aliphatic heterocycles. The van der Waals surface area contributed by atoms with E-state index in [9.17, 15) is 10.1 Å². The Morgan fingerprint density at radius 2 is 2.06 bits per heavy atom. The third-order valence-corrected chi connectivity index (χ3v) is 2.90. The number of rotatable bonds is 6. The number of non-ortho nitro benzene ring substituents is 1. The van der Waals surface area contributed by atoms with Crippen LogP contribution in [-0.4, -0.2) is 4.92 Å². The molecule has 0 aliphatic rings. The number of nitro groups is 1. The topological polar surface area (TPSA) is 43.1 Å². The first kappa shape index (κ1) is 13.0. The summed E-state index contributed by atoms with van der Waals surface area (Å²) in [5.74, 6) is 0. The molecule has 0 aromatic heterocycles. The van der Waals surface area contributed by atoms with Gasteiger partial charge in [0.2, 0.25) is 0 Å². The minimum Gasteiger partial charge on any atom is -0.258 e. The molecule has 16 heavy (non-hydrogen) atoms. The first-order valence-electron chi connectivity index (χ1n) is 5.58. The van der Waals surface area contributed by atoms with Gasteiger partial charge in [-0.3, -0.25) is 10.1 Å². The Hall–Kier alpha value is -1.09. The Labute approximate surface area is 101 Å². The van der Waals surface area contributed by atoms with Gasteiger partial charge in [0.15, 0.2) is 0 Å². The zero-order valence-electron chi connectivity index (χ0n) is 9.41. The van der Waals surface area contributed by atoms with Crippen molar-refractivity contribution in [1.82, 2.24) is 0 Å². The second kappa shape index (κ2) is 6.48. The van der Waals surface area contributed by atoms with Crippen molar-refractivity contribution in [2.75, 3.05) is 0 Å². The highest BCUT2D eigenvalue weighted by molar-refractivity contribution is 6.31. The number of nitrogens with zero attached hydrogens (tertiary/aromatic N) is 1. The van der Waals surface area contributed by atoms with E-state index in [1.54, 1.807) is 6.07 Å². The van der Waals surface area contributed by atoms with Crippen molar-refractivity contribution >= 4 is 17.3 Å². The van der Waals surface area contributed by atoms with E-state index in [0.717, 1.165) is 18.4 Å². The fourth-order valence-electron chi connectivity index (χ4n) is 1.59. The van der Waals surface area contributed by atoms with Crippen LogP contribution in [0.1, 0.15) is 38.2 Å². The third kappa shape index (κ3) is 3.81. The summed E-state index contributed by atoms with van der Waals surface area (Å²) < 4.78 is 0. The smallest absolute Gasteiger partial charge is 0.258 e. The van der Waals surface area contributed by atoms with Gasteiger partial charge in [0.1, 0.15) is 0 Å². The molecule has 0 heterocycles. The summed E-state index contributed by atoms with van der Waals surface area (Å²) in [7, 11) is 0.